The molecule has 24 heavy (non-hydrogen) atoms. The summed E-state index contributed by atoms with van der Waals surface area (Å²) in [5.74, 6) is 0.627. The van der Waals surface area contributed by atoms with Crippen LogP contribution in [0.1, 0.15) is 39.2 Å². The number of rotatable bonds is 6. The van der Waals surface area contributed by atoms with Gasteiger partial charge in [-0.05, 0) is 48.9 Å². The molecule has 0 aliphatic carbocycles. The molecule has 0 aliphatic heterocycles. The van der Waals surface area contributed by atoms with Crippen LogP contribution in [-0.4, -0.2) is 24.8 Å². The largest absolute Gasteiger partial charge is 0.508 e. The summed E-state index contributed by atoms with van der Waals surface area (Å²) in [4.78, 5) is 12.0. The summed E-state index contributed by atoms with van der Waals surface area (Å²) in [6.45, 7) is 6.41. The Morgan fingerprint density at radius 1 is 1.17 bits per heavy atom. The second kappa shape index (κ2) is 7.86. The zero-order valence-electron chi connectivity index (χ0n) is 14.7. The normalized spacial score (nSPS) is 12.0. The first-order chi connectivity index (χ1) is 11.5. The lowest BCUT2D eigenvalue weighted by atomic mass is 9.94. The van der Waals surface area contributed by atoms with Gasteiger partial charge in [-0.3, -0.25) is 0 Å². The molecule has 1 N–H and O–H groups in total. The van der Waals surface area contributed by atoms with Gasteiger partial charge in [-0.2, -0.15) is 0 Å². The first-order valence-corrected chi connectivity index (χ1v) is 8.20. The molecule has 4 nitrogen and oxygen atoms in total. The molecule has 2 aromatic carbocycles. The van der Waals surface area contributed by atoms with Gasteiger partial charge in [-0.15, -0.1) is 0 Å². The van der Waals surface area contributed by atoms with Crippen LogP contribution in [-0.2, 0) is 9.53 Å². The van der Waals surface area contributed by atoms with Gasteiger partial charge in [-0.25, -0.2) is 4.79 Å². The number of phenolic OH excluding ortho intramolecular Hbond substituents is 1. The Morgan fingerprint density at radius 3 is 2.54 bits per heavy atom. The van der Waals surface area contributed by atoms with Crippen molar-refractivity contribution in [2.24, 2.45) is 0 Å². The minimum absolute atomic E-state index is 0.216. The van der Waals surface area contributed by atoms with Crippen LogP contribution < -0.4 is 4.74 Å². The summed E-state index contributed by atoms with van der Waals surface area (Å²) < 4.78 is 10.9. The van der Waals surface area contributed by atoms with Crippen molar-refractivity contribution in [1.82, 2.24) is 0 Å². The van der Waals surface area contributed by atoms with Gasteiger partial charge in [0.15, 0.2) is 0 Å². The number of aromatic hydroxyl groups is 1. The maximum Gasteiger partial charge on any atom is 0.333 e. The third kappa shape index (κ3) is 3.53. The van der Waals surface area contributed by atoms with E-state index >= 15 is 0 Å². The van der Waals surface area contributed by atoms with E-state index < -0.39 is 0 Å². The monoisotopic (exact) mass is 328 g/mol. The lowest BCUT2D eigenvalue weighted by Gasteiger charge is -2.17. The predicted molar refractivity (Wildman–Crippen MR) is 96.3 cm³/mol. The molecular formula is C20H24O4. The molecule has 0 bridgehead atoms. The molecule has 0 radical (unpaired) electrons. The molecule has 0 amide bonds. The summed E-state index contributed by atoms with van der Waals surface area (Å²) in [7, 11) is 1.39. The van der Waals surface area contributed by atoms with Crippen molar-refractivity contribution in [1.29, 1.82) is 0 Å². The maximum absolute atomic E-state index is 12.0. The molecule has 0 atom stereocenters. The predicted octanol–water partition coefficient (Wildman–Crippen LogP) is 4.69. The standard InChI is InChI=1S/C20H24O4/c1-5-11-24-19-17-10-8-15(21)12-14(17)7-9-18(19)16(6-2)13(3)20(22)23-4/h7-10,12,21H,5-6,11H2,1-4H3/b16-13+. The topological polar surface area (TPSA) is 55.8 Å². The molecule has 0 aliphatic rings. The van der Waals surface area contributed by atoms with E-state index in [1.807, 2.05) is 32.0 Å². The van der Waals surface area contributed by atoms with E-state index in [1.165, 1.54) is 7.11 Å². The number of ether oxygens (including phenoxy) is 2. The minimum atomic E-state index is -0.334. The Bertz CT molecular complexity index is 775. The van der Waals surface area contributed by atoms with Gasteiger partial charge in [-0.1, -0.05) is 26.0 Å². The average molecular weight is 328 g/mol. The van der Waals surface area contributed by atoms with Crippen LogP contribution in [0.3, 0.4) is 0 Å². The van der Waals surface area contributed by atoms with Crippen molar-refractivity contribution in [2.75, 3.05) is 13.7 Å². The lowest BCUT2D eigenvalue weighted by Crippen LogP contribution is -2.06. The Kier molecular flexibility index (Phi) is 5.85. The molecule has 128 valence electrons. The van der Waals surface area contributed by atoms with Crippen LogP contribution in [0, 0.1) is 0 Å². The highest BCUT2D eigenvalue weighted by atomic mass is 16.5. The fourth-order valence-electron chi connectivity index (χ4n) is 2.82. The SMILES string of the molecule is CCCOc1c(/C(CC)=C(\C)C(=O)OC)ccc2cc(O)ccc12. The van der Waals surface area contributed by atoms with Gasteiger partial charge >= 0.3 is 5.97 Å². The van der Waals surface area contributed by atoms with E-state index in [1.54, 1.807) is 19.1 Å². The molecule has 0 saturated heterocycles. The smallest absolute Gasteiger partial charge is 0.333 e. The molecule has 2 aromatic rings. The zero-order chi connectivity index (χ0) is 17.7. The van der Waals surface area contributed by atoms with Crippen LogP contribution in [0.25, 0.3) is 16.3 Å². The Balaban J connectivity index is 2.72. The first-order valence-electron chi connectivity index (χ1n) is 8.20. The number of hydrogen-bond donors (Lipinski definition) is 1. The first kappa shape index (κ1) is 17.9. The van der Waals surface area contributed by atoms with Crippen LogP contribution in [0.5, 0.6) is 11.5 Å². The van der Waals surface area contributed by atoms with Crippen molar-refractivity contribution in [3.8, 4) is 11.5 Å². The fourth-order valence-corrected chi connectivity index (χ4v) is 2.82. The van der Waals surface area contributed by atoms with E-state index in [4.69, 9.17) is 9.47 Å². The highest BCUT2D eigenvalue weighted by molar-refractivity contribution is 6.01. The number of esters is 1. The van der Waals surface area contributed by atoms with Gasteiger partial charge in [0.05, 0.1) is 13.7 Å². The average Bonchev–Trinajstić information content (AvgIpc) is 2.59. The number of methoxy groups -OCH3 is 1. The fraction of sp³-hybridized carbons (Fsp3) is 0.350. The van der Waals surface area contributed by atoms with Gasteiger partial charge in [0.1, 0.15) is 11.5 Å². The Morgan fingerprint density at radius 2 is 1.92 bits per heavy atom. The Labute approximate surface area is 142 Å². The molecule has 0 aromatic heterocycles. The van der Waals surface area contributed by atoms with Crippen molar-refractivity contribution in [2.45, 2.75) is 33.6 Å². The molecule has 0 heterocycles. The number of fused-ring (bicyclic) bond motifs is 1. The summed E-state index contributed by atoms with van der Waals surface area (Å²) in [5.41, 5.74) is 2.38. The van der Waals surface area contributed by atoms with Gasteiger partial charge < -0.3 is 14.6 Å². The molecule has 0 fully saturated rings. The lowest BCUT2D eigenvalue weighted by molar-refractivity contribution is -0.135. The second-order valence-corrected chi connectivity index (χ2v) is 5.64. The van der Waals surface area contributed by atoms with Crippen LogP contribution in [0.15, 0.2) is 35.9 Å². The van der Waals surface area contributed by atoms with Crippen LogP contribution in [0.4, 0.5) is 0 Å². The van der Waals surface area contributed by atoms with E-state index in [0.717, 1.165) is 34.1 Å². The van der Waals surface area contributed by atoms with Crippen molar-refractivity contribution < 1.29 is 19.4 Å². The van der Waals surface area contributed by atoms with E-state index in [9.17, 15) is 9.90 Å². The number of hydrogen-bond acceptors (Lipinski definition) is 4. The zero-order valence-corrected chi connectivity index (χ0v) is 14.7. The summed E-state index contributed by atoms with van der Waals surface area (Å²) >= 11 is 0. The molecule has 2 rings (SSSR count). The number of carbonyl (C=O) groups excluding carboxylic acids is 1. The van der Waals surface area contributed by atoms with Gasteiger partial charge in [0, 0.05) is 16.5 Å². The third-order valence-electron chi connectivity index (χ3n) is 4.03. The van der Waals surface area contributed by atoms with Crippen molar-refractivity contribution >= 4 is 22.3 Å². The van der Waals surface area contributed by atoms with Crippen LogP contribution >= 0.6 is 0 Å². The number of benzene rings is 2. The molecule has 4 heteroatoms. The third-order valence-corrected chi connectivity index (χ3v) is 4.03. The van der Waals surface area contributed by atoms with E-state index in [2.05, 4.69) is 0 Å². The number of allylic oxidation sites excluding steroid dienone is 1. The highest BCUT2D eigenvalue weighted by Gasteiger charge is 2.17. The van der Waals surface area contributed by atoms with Crippen LogP contribution in [0.2, 0.25) is 0 Å². The second-order valence-electron chi connectivity index (χ2n) is 5.64. The number of phenols is 1. The summed E-state index contributed by atoms with van der Waals surface area (Å²) in [6.07, 6.45) is 1.57. The summed E-state index contributed by atoms with van der Waals surface area (Å²) in [5, 5.41) is 11.5. The van der Waals surface area contributed by atoms with Crippen molar-refractivity contribution in [3.63, 3.8) is 0 Å². The maximum atomic E-state index is 12.0. The number of carbonyl (C=O) groups is 1. The Hall–Kier alpha value is -2.49. The highest BCUT2D eigenvalue weighted by Crippen LogP contribution is 2.38. The minimum Gasteiger partial charge on any atom is -0.508 e. The molecule has 0 saturated carbocycles. The van der Waals surface area contributed by atoms with E-state index in [0.29, 0.717) is 18.6 Å². The van der Waals surface area contributed by atoms with Gasteiger partial charge in [0.25, 0.3) is 0 Å². The molecule has 0 unspecified atom stereocenters. The molecular weight excluding hydrogens is 304 g/mol. The quantitative estimate of drug-likeness (QED) is 0.617. The van der Waals surface area contributed by atoms with Crippen molar-refractivity contribution in [3.05, 3.63) is 41.5 Å². The van der Waals surface area contributed by atoms with Gasteiger partial charge in [0.2, 0.25) is 0 Å². The molecule has 0 spiro atoms. The summed E-state index contributed by atoms with van der Waals surface area (Å²) in [6, 6.07) is 9.08. The van der Waals surface area contributed by atoms with E-state index in [-0.39, 0.29) is 11.7 Å².